The highest BCUT2D eigenvalue weighted by Gasteiger charge is 2.42. The van der Waals surface area contributed by atoms with E-state index in [1.165, 1.54) is 24.3 Å². The van der Waals surface area contributed by atoms with E-state index in [0.29, 0.717) is 44.8 Å². The number of carbonyl (C=O) groups excluding carboxylic acids is 2. The van der Waals surface area contributed by atoms with E-state index in [0.717, 1.165) is 22.6 Å². The number of likely N-dealkylation sites (tertiary alicyclic amines) is 1. The molecule has 2 fully saturated rings. The lowest BCUT2D eigenvalue weighted by Gasteiger charge is -2.38. The number of halogens is 1. The summed E-state index contributed by atoms with van der Waals surface area (Å²) < 4.78 is 18.9. The number of carbonyl (C=O) groups is 2. The summed E-state index contributed by atoms with van der Waals surface area (Å²) >= 11 is 0. The molecule has 5 rings (SSSR count). The van der Waals surface area contributed by atoms with Crippen molar-refractivity contribution in [1.82, 2.24) is 9.80 Å². The number of ether oxygens (including phenoxy) is 1. The Morgan fingerprint density at radius 1 is 0.838 bits per heavy atom. The van der Waals surface area contributed by atoms with Gasteiger partial charge in [-0.2, -0.15) is 0 Å². The lowest BCUT2D eigenvalue weighted by Crippen LogP contribution is -2.51. The van der Waals surface area contributed by atoms with Gasteiger partial charge in [0.25, 0.3) is 5.91 Å². The molecule has 0 spiro atoms. The number of aryl methyl sites for hydroxylation is 1. The van der Waals surface area contributed by atoms with E-state index in [1.807, 2.05) is 48.2 Å². The molecule has 2 saturated heterocycles. The number of anilines is 1. The van der Waals surface area contributed by atoms with Crippen LogP contribution in [0.3, 0.4) is 0 Å². The van der Waals surface area contributed by atoms with Gasteiger partial charge in [0, 0.05) is 50.7 Å². The quantitative estimate of drug-likeness (QED) is 0.522. The van der Waals surface area contributed by atoms with Gasteiger partial charge in [-0.3, -0.25) is 9.59 Å². The van der Waals surface area contributed by atoms with Gasteiger partial charge < -0.3 is 19.4 Å². The third-order valence-electron chi connectivity index (χ3n) is 7.54. The number of hydrogen-bond acceptors (Lipinski definition) is 4. The zero-order chi connectivity index (χ0) is 25.9. The van der Waals surface area contributed by atoms with E-state index >= 15 is 0 Å². The number of hydrogen-bond donors (Lipinski definition) is 0. The minimum absolute atomic E-state index is 0.0830. The van der Waals surface area contributed by atoms with E-state index in [9.17, 15) is 14.0 Å². The molecule has 0 saturated carbocycles. The van der Waals surface area contributed by atoms with Crippen LogP contribution in [0.25, 0.3) is 0 Å². The van der Waals surface area contributed by atoms with Crippen LogP contribution in [-0.2, 0) is 4.79 Å². The molecule has 6 nitrogen and oxygen atoms in total. The Labute approximate surface area is 217 Å². The number of methoxy groups -OCH3 is 1. The largest absolute Gasteiger partial charge is 0.495 e. The molecule has 0 aromatic heterocycles. The minimum Gasteiger partial charge on any atom is -0.495 e. The van der Waals surface area contributed by atoms with Crippen molar-refractivity contribution >= 4 is 17.5 Å². The number of piperazine rings is 1. The Hall–Kier alpha value is -3.87. The van der Waals surface area contributed by atoms with Gasteiger partial charge in [0.2, 0.25) is 5.91 Å². The monoisotopic (exact) mass is 501 g/mol. The number of amides is 2. The van der Waals surface area contributed by atoms with Gasteiger partial charge in [-0.05, 0) is 48.9 Å². The maximum absolute atomic E-state index is 13.9. The molecule has 2 atom stereocenters. The molecule has 3 aromatic rings. The Morgan fingerprint density at radius 2 is 1.51 bits per heavy atom. The fourth-order valence-electron chi connectivity index (χ4n) is 5.44. The van der Waals surface area contributed by atoms with E-state index in [4.69, 9.17) is 4.74 Å². The number of para-hydroxylation sites is 2. The molecule has 0 N–H and O–H groups in total. The first-order valence-corrected chi connectivity index (χ1v) is 12.7. The average molecular weight is 502 g/mol. The highest BCUT2D eigenvalue weighted by atomic mass is 19.1. The van der Waals surface area contributed by atoms with Crippen LogP contribution in [-0.4, -0.2) is 68.0 Å². The van der Waals surface area contributed by atoms with Gasteiger partial charge in [-0.25, -0.2) is 4.39 Å². The van der Waals surface area contributed by atoms with E-state index in [2.05, 4.69) is 17.0 Å². The van der Waals surface area contributed by atoms with Crippen LogP contribution in [0.4, 0.5) is 10.1 Å². The van der Waals surface area contributed by atoms with Gasteiger partial charge in [-0.1, -0.05) is 42.0 Å². The minimum atomic E-state index is -0.379. The summed E-state index contributed by atoms with van der Waals surface area (Å²) in [5.74, 6) is -0.0639. The van der Waals surface area contributed by atoms with Crippen molar-refractivity contribution in [2.45, 2.75) is 12.8 Å². The van der Waals surface area contributed by atoms with Crippen molar-refractivity contribution in [3.8, 4) is 5.75 Å². The number of rotatable bonds is 5. The second-order valence-electron chi connectivity index (χ2n) is 9.82. The Bertz CT molecular complexity index is 1250. The van der Waals surface area contributed by atoms with E-state index < -0.39 is 0 Å². The number of nitrogens with zero attached hydrogens (tertiary/aromatic N) is 3. The van der Waals surface area contributed by atoms with Crippen molar-refractivity contribution in [3.63, 3.8) is 0 Å². The third kappa shape index (κ3) is 5.17. The maximum atomic E-state index is 13.9. The molecular weight excluding hydrogens is 469 g/mol. The lowest BCUT2D eigenvalue weighted by molar-refractivity contribution is -0.135. The van der Waals surface area contributed by atoms with Crippen LogP contribution < -0.4 is 9.64 Å². The normalized spacial score (nSPS) is 19.7. The van der Waals surface area contributed by atoms with E-state index in [1.54, 1.807) is 12.0 Å². The van der Waals surface area contributed by atoms with Gasteiger partial charge >= 0.3 is 0 Å². The summed E-state index contributed by atoms with van der Waals surface area (Å²) in [5.41, 5.74) is 3.68. The molecule has 3 aromatic carbocycles. The van der Waals surface area contributed by atoms with Crippen molar-refractivity contribution in [3.05, 3.63) is 95.3 Å². The molecule has 7 heteroatoms. The molecule has 0 aliphatic carbocycles. The topological polar surface area (TPSA) is 53.1 Å². The van der Waals surface area contributed by atoms with Gasteiger partial charge in [0.15, 0.2) is 0 Å². The molecule has 192 valence electrons. The van der Waals surface area contributed by atoms with E-state index in [-0.39, 0.29) is 29.5 Å². The van der Waals surface area contributed by atoms with Crippen molar-refractivity contribution in [2.24, 2.45) is 5.92 Å². The Balaban J connectivity index is 1.33. The zero-order valence-electron chi connectivity index (χ0n) is 21.3. The molecule has 0 radical (unpaired) electrons. The fourth-order valence-corrected chi connectivity index (χ4v) is 5.44. The summed E-state index contributed by atoms with van der Waals surface area (Å²) in [4.78, 5) is 33.0. The maximum Gasteiger partial charge on any atom is 0.253 e. The van der Waals surface area contributed by atoms with Crippen LogP contribution in [0, 0.1) is 18.7 Å². The lowest BCUT2D eigenvalue weighted by atomic mass is 9.87. The Kier molecular flexibility index (Phi) is 7.12. The second kappa shape index (κ2) is 10.6. The molecule has 2 heterocycles. The first-order valence-electron chi connectivity index (χ1n) is 12.7. The predicted octanol–water partition coefficient (Wildman–Crippen LogP) is 4.35. The SMILES string of the molecule is COc1ccccc1N1CCN(C(=O)[C@@H]2CN(C(=O)c3ccc(F)cc3)C[C@@H]2c2ccc(C)cc2)CC1. The zero-order valence-corrected chi connectivity index (χ0v) is 21.3. The standard InChI is InChI=1S/C30H32FN3O3/c1-21-7-9-22(10-8-21)25-19-34(29(35)23-11-13-24(31)14-12-23)20-26(25)30(36)33-17-15-32(16-18-33)27-5-3-4-6-28(27)37-2/h3-14,25-26H,15-20H2,1-2H3/t25-,26-/m1/s1. The first kappa shape index (κ1) is 24.8. The van der Waals surface area contributed by atoms with Crippen LogP contribution in [0.5, 0.6) is 5.75 Å². The number of benzene rings is 3. The van der Waals surface area contributed by atoms with Gasteiger partial charge in [0.05, 0.1) is 18.7 Å². The Morgan fingerprint density at radius 3 is 2.19 bits per heavy atom. The summed E-state index contributed by atoms with van der Waals surface area (Å²) in [6.45, 7) is 5.49. The summed E-state index contributed by atoms with van der Waals surface area (Å²) in [6.07, 6.45) is 0. The predicted molar refractivity (Wildman–Crippen MR) is 142 cm³/mol. The van der Waals surface area contributed by atoms with Crippen molar-refractivity contribution in [2.75, 3.05) is 51.3 Å². The molecule has 2 aliphatic rings. The highest BCUT2D eigenvalue weighted by molar-refractivity contribution is 5.95. The molecule has 0 bridgehead atoms. The van der Waals surface area contributed by atoms with Crippen molar-refractivity contribution < 1.29 is 18.7 Å². The second-order valence-corrected chi connectivity index (χ2v) is 9.82. The smallest absolute Gasteiger partial charge is 0.253 e. The van der Waals surface area contributed by atoms with Gasteiger partial charge in [0.1, 0.15) is 11.6 Å². The highest BCUT2D eigenvalue weighted by Crippen LogP contribution is 2.36. The molecule has 37 heavy (non-hydrogen) atoms. The third-order valence-corrected chi connectivity index (χ3v) is 7.54. The van der Waals surface area contributed by atoms with Crippen LogP contribution in [0.1, 0.15) is 27.4 Å². The molecule has 2 amide bonds. The summed E-state index contributed by atoms with van der Waals surface area (Å²) in [5, 5.41) is 0. The van der Waals surface area contributed by atoms with Crippen LogP contribution >= 0.6 is 0 Å². The average Bonchev–Trinajstić information content (AvgIpc) is 3.38. The summed E-state index contributed by atoms with van der Waals surface area (Å²) in [7, 11) is 1.67. The van der Waals surface area contributed by atoms with Gasteiger partial charge in [-0.15, -0.1) is 0 Å². The first-order chi connectivity index (χ1) is 17.9. The van der Waals surface area contributed by atoms with Crippen molar-refractivity contribution in [1.29, 1.82) is 0 Å². The van der Waals surface area contributed by atoms with Crippen LogP contribution in [0.15, 0.2) is 72.8 Å². The van der Waals surface area contributed by atoms with Crippen LogP contribution in [0.2, 0.25) is 0 Å². The summed E-state index contributed by atoms with van der Waals surface area (Å²) in [6, 6.07) is 21.8. The molecule has 2 aliphatic heterocycles. The fraction of sp³-hybridized carbons (Fsp3) is 0.333. The molecular formula is C30H32FN3O3. The molecule has 0 unspecified atom stereocenters.